The molecular formula is C13H17NO3S. The van der Waals surface area contributed by atoms with Crippen molar-refractivity contribution in [1.29, 1.82) is 0 Å². The lowest BCUT2D eigenvalue weighted by atomic mass is 10.1. The fourth-order valence-electron chi connectivity index (χ4n) is 1.92. The Balaban J connectivity index is 2.26. The Bertz CT molecular complexity index is 430. The van der Waals surface area contributed by atoms with Gasteiger partial charge in [0.15, 0.2) is 0 Å². The van der Waals surface area contributed by atoms with Gasteiger partial charge in [0.1, 0.15) is 11.5 Å². The van der Waals surface area contributed by atoms with E-state index in [0.717, 1.165) is 24.6 Å². The van der Waals surface area contributed by atoms with Crippen molar-refractivity contribution in [2.24, 2.45) is 0 Å². The van der Waals surface area contributed by atoms with E-state index in [-0.39, 0.29) is 5.91 Å². The van der Waals surface area contributed by atoms with Gasteiger partial charge in [-0.2, -0.15) is 11.8 Å². The van der Waals surface area contributed by atoms with E-state index in [1.807, 2.05) is 16.7 Å². The zero-order valence-electron chi connectivity index (χ0n) is 10.6. The molecule has 1 fully saturated rings. The Hall–Kier alpha value is -1.36. The van der Waals surface area contributed by atoms with Crippen LogP contribution in [0.2, 0.25) is 0 Å². The number of methoxy groups -OCH3 is 2. The average molecular weight is 267 g/mol. The molecule has 0 aromatic heterocycles. The number of amides is 1. The zero-order chi connectivity index (χ0) is 13.0. The lowest BCUT2D eigenvalue weighted by molar-refractivity contribution is 0.0768. The maximum atomic E-state index is 12.4. The van der Waals surface area contributed by atoms with Gasteiger partial charge in [-0.25, -0.2) is 0 Å². The van der Waals surface area contributed by atoms with Gasteiger partial charge >= 0.3 is 0 Å². The van der Waals surface area contributed by atoms with E-state index in [9.17, 15) is 4.79 Å². The van der Waals surface area contributed by atoms with Crippen molar-refractivity contribution >= 4 is 17.7 Å². The molecule has 0 N–H and O–H groups in total. The minimum atomic E-state index is 0.0195. The number of carbonyl (C=O) groups is 1. The molecule has 1 aliphatic rings. The van der Waals surface area contributed by atoms with Gasteiger partial charge in [0, 0.05) is 24.6 Å². The van der Waals surface area contributed by atoms with E-state index in [1.165, 1.54) is 0 Å². The SMILES string of the molecule is COc1ccc(OC)c(C(=O)N2CCSCC2)c1. The molecule has 4 nitrogen and oxygen atoms in total. The van der Waals surface area contributed by atoms with E-state index in [4.69, 9.17) is 9.47 Å². The molecule has 0 radical (unpaired) electrons. The lowest BCUT2D eigenvalue weighted by Gasteiger charge is -2.27. The zero-order valence-corrected chi connectivity index (χ0v) is 11.5. The van der Waals surface area contributed by atoms with Crippen molar-refractivity contribution in [3.05, 3.63) is 23.8 Å². The Kier molecular flexibility index (Phi) is 4.36. The second-order valence-electron chi connectivity index (χ2n) is 3.97. The van der Waals surface area contributed by atoms with E-state index in [2.05, 4.69) is 0 Å². The number of nitrogens with zero attached hydrogens (tertiary/aromatic N) is 1. The molecule has 1 heterocycles. The van der Waals surface area contributed by atoms with Crippen LogP contribution in [0.1, 0.15) is 10.4 Å². The predicted octanol–water partition coefficient (Wildman–Crippen LogP) is 1.89. The molecule has 5 heteroatoms. The van der Waals surface area contributed by atoms with Crippen LogP contribution in [0.4, 0.5) is 0 Å². The second-order valence-corrected chi connectivity index (χ2v) is 5.20. The third-order valence-corrected chi connectivity index (χ3v) is 3.88. The van der Waals surface area contributed by atoms with E-state index in [0.29, 0.717) is 17.1 Å². The Morgan fingerprint density at radius 1 is 1.22 bits per heavy atom. The molecule has 0 spiro atoms. The highest BCUT2D eigenvalue weighted by Crippen LogP contribution is 2.26. The maximum absolute atomic E-state index is 12.4. The van der Waals surface area contributed by atoms with Crippen LogP contribution in [0.15, 0.2) is 18.2 Å². The van der Waals surface area contributed by atoms with Gasteiger partial charge in [-0.3, -0.25) is 4.79 Å². The molecule has 1 saturated heterocycles. The van der Waals surface area contributed by atoms with Crippen LogP contribution in [0.5, 0.6) is 11.5 Å². The minimum Gasteiger partial charge on any atom is -0.497 e. The Labute approximate surface area is 111 Å². The first-order valence-corrected chi connectivity index (χ1v) is 7.01. The van der Waals surface area contributed by atoms with Crippen molar-refractivity contribution in [3.8, 4) is 11.5 Å². The predicted molar refractivity (Wildman–Crippen MR) is 72.8 cm³/mol. The van der Waals surface area contributed by atoms with Crippen LogP contribution in [-0.2, 0) is 0 Å². The van der Waals surface area contributed by atoms with Crippen molar-refractivity contribution in [3.63, 3.8) is 0 Å². The summed E-state index contributed by atoms with van der Waals surface area (Å²) in [5, 5.41) is 0. The van der Waals surface area contributed by atoms with Crippen LogP contribution >= 0.6 is 11.8 Å². The second kappa shape index (κ2) is 6.00. The van der Waals surface area contributed by atoms with E-state index >= 15 is 0 Å². The molecule has 0 aliphatic carbocycles. The molecule has 1 aromatic rings. The van der Waals surface area contributed by atoms with Crippen molar-refractivity contribution < 1.29 is 14.3 Å². The van der Waals surface area contributed by atoms with Gasteiger partial charge in [-0.15, -0.1) is 0 Å². The maximum Gasteiger partial charge on any atom is 0.257 e. The molecule has 0 bridgehead atoms. The number of hydrogen-bond acceptors (Lipinski definition) is 4. The van der Waals surface area contributed by atoms with Gasteiger partial charge < -0.3 is 14.4 Å². The molecule has 18 heavy (non-hydrogen) atoms. The van der Waals surface area contributed by atoms with Gasteiger partial charge in [-0.05, 0) is 18.2 Å². The number of hydrogen-bond donors (Lipinski definition) is 0. The van der Waals surface area contributed by atoms with Crippen LogP contribution in [0.25, 0.3) is 0 Å². The van der Waals surface area contributed by atoms with Crippen LogP contribution < -0.4 is 9.47 Å². The van der Waals surface area contributed by atoms with E-state index < -0.39 is 0 Å². The first-order valence-electron chi connectivity index (χ1n) is 5.85. The highest BCUT2D eigenvalue weighted by atomic mass is 32.2. The summed E-state index contributed by atoms with van der Waals surface area (Å²) in [7, 11) is 3.16. The quantitative estimate of drug-likeness (QED) is 0.838. The average Bonchev–Trinajstić information content (AvgIpc) is 2.46. The van der Waals surface area contributed by atoms with Crippen molar-refractivity contribution in [2.45, 2.75) is 0 Å². The van der Waals surface area contributed by atoms with Crippen LogP contribution in [0, 0.1) is 0 Å². The molecule has 1 amide bonds. The summed E-state index contributed by atoms with van der Waals surface area (Å²) in [5.74, 6) is 3.28. The summed E-state index contributed by atoms with van der Waals surface area (Å²) in [6.07, 6.45) is 0. The van der Waals surface area contributed by atoms with Crippen molar-refractivity contribution in [1.82, 2.24) is 4.90 Å². The highest BCUT2D eigenvalue weighted by molar-refractivity contribution is 7.99. The molecule has 0 saturated carbocycles. The molecular weight excluding hydrogens is 250 g/mol. The van der Waals surface area contributed by atoms with Gasteiger partial charge in [0.25, 0.3) is 5.91 Å². The number of benzene rings is 1. The third-order valence-electron chi connectivity index (χ3n) is 2.94. The number of rotatable bonds is 3. The topological polar surface area (TPSA) is 38.8 Å². The number of carbonyl (C=O) groups excluding carboxylic acids is 1. The molecule has 0 unspecified atom stereocenters. The normalized spacial score (nSPS) is 15.3. The van der Waals surface area contributed by atoms with Gasteiger partial charge in [0.05, 0.1) is 19.8 Å². The van der Waals surface area contributed by atoms with Crippen LogP contribution in [0.3, 0.4) is 0 Å². The summed E-state index contributed by atoms with van der Waals surface area (Å²) in [6, 6.07) is 5.30. The summed E-state index contributed by atoms with van der Waals surface area (Å²) in [4.78, 5) is 14.3. The van der Waals surface area contributed by atoms with Gasteiger partial charge in [0.2, 0.25) is 0 Å². The molecule has 1 aliphatic heterocycles. The largest absolute Gasteiger partial charge is 0.497 e. The smallest absolute Gasteiger partial charge is 0.257 e. The summed E-state index contributed by atoms with van der Waals surface area (Å²) < 4.78 is 10.4. The molecule has 1 aromatic carbocycles. The van der Waals surface area contributed by atoms with Gasteiger partial charge in [-0.1, -0.05) is 0 Å². The molecule has 2 rings (SSSR count). The summed E-state index contributed by atoms with van der Waals surface area (Å²) >= 11 is 1.88. The first kappa shape index (κ1) is 13.1. The Morgan fingerprint density at radius 2 is 1.94 bits per heavy atom. The minimum absolute atomic E-state index is 0.0195. The van der Waals surface area contributed by atoms with Crippen LogP contribution in [-0.4, -0.2) is 49.6 Å². The number of ether oxygens (including phenoxy) is 2. The number of thioether (sulfide) groups is 1. The fourth-order valence-corrected chi connectivity index (χ4v) is 2.82. The fraction of sp³-hybridized carbons (Fsp3) is 0.462. The standard InChI is InChI=1S/C13H17NO3S/c1-16-10-3-4-12(17-2)11(9-10)13(15)14-5-7-18-8-6-14/h3-4,9H,5-8H2,1-2H3. The van der Waals surface area contributed by atoms with Crippen molar-refractivity contribution in [2.75, 3.05) is 38.8 Å². The molecule has 98 valence electrons. The molecule has 0 atom stereocenters. The lowest BCUT2D eigenvalue weighted by Crippen LogP contribution is -2.38. The first-order chi connectivity index (χ1) is 8.76. The monoisotopic (exact) mass is 267 g/mol. The van der Waals surface area contributed by atoms with E-state index in [1.54, 1.807) is 32.4 Å². The summed E-state index contributed by atoms with van der Waals surface area (Å²) in [5.41, 5.74) is 0.573. The Morgan fingerprint density at radius 3 is 2.56 bits per heavy atom. The highest BCUT2D eigenvalue weighted by Gasteiger charge is 2.22. The summed E-state index contributed by atoms with van der Waals surface area (Å²) in [6.45, 7) is 1.59. The third kappa shape index (κ3) is 2.72.